The van der Waals surface area contributed by atoms with Gasteiger partial charge in [-0.3, -0.25) is 14.5 Å². The molecule has 1 unspecified atom stereocenters. The molecule has 5 nitrogen and oxygen atoms in total. The van der Waals surface area contributed by atoms with E-state index in [1.165, 1.54) is 0 Å². The molecule has 2 aromatic heterocycles. The number of hydrogen-bond donors (Lipinski definition) is 0. The van der Waals surface area contributed by atoms with Crippen molar-refractivity contribution >= 4 is 16.8 Å². The molecule has 1 saturated carbocycles. The molecule has 3 aliphatic rings. The third kappa shape index (κ3) is 2.68. The first-order valence-electron chi connectivity index (χ1n) is 11.0. The van der Waals surface area contributed by atoms with Gasteiger partial charge >= 0.3 is 0 Å². The van der Waals surface area contributed by atoms with Crippen molar-refractivity contribution in [2.45, 2.75) is 50.5 Å². The molecule has 0 radical (unpaired) electrons. The maximum atomic E-state index is 13.7. The van der Waals surface area contributed by atoms with Crippen molar-refractivity contribution in [1.29, 1.82) is 0 Å². The summed E-state index contributed by atoms with van der Waals surface area (Å²) in [7, 11) is 0. The van der Waals surface area contributed by atoms with Crippen LogP contribution in [0.1, 0.15) is 37.8 Å². The van der Waals surface area contributed by atoms with Gasteiger partial charge in [-0.05, 0) is 43.9 Å². The molecule has 1 aromatic carbocycles. The SMILES string of the molecule is O=C(N1CCC2(CCn3nc(-c4cnc5ccccc5c4)cc32)C1)C1(C(F)F)CCC1. The summed E-state index contributed by atoms with van der Waals surface area (Å²) in [6.07, 6.45) is 2.31. The molecule has 2 fully saturated rings. The normalized spacial score (nSPS) is 24.2. The van der Waals surface area contributed by atoms with E-state index in [2.05, 4.69) is 17.1 Å². The topological polar surface area (TPSA) is 51.0 Å². The van der Waals surface area contributed by atoms with E-state index in [1.807, 2.05) is 35.1 Å². The molecular weight excluding hydrogens is 398 g/mol. The summed E-state index contributed by atoms with van der Waals surface area (Å²) < 4.78 is 29.4. The fourth-order valence-electron chi connectivity index (χ4n) is 5.67. The Morgan fingerprint density at radius 1 is 1.06 bits per heavy atom. The Kier molecular flexibility index (Phi) is 4.01. The number of nitrogens with zero attached hydrogens (tertiary/aromatic N) is 4. The molecule has 6 rings (SSSR count). The number of carbonyl (C=O) groups is 1. The minimum absolute atomic E-state index is 0.182. The van der Waals surface area contributed by atoms with Crippen molar-refractivity contribution in [2.75, 3.05) is 13.1 Å². The number of pyridine rings is 1. The standard InChI is InChI=1S/C24H24F2N4O/c25-21(26)24(6-3-7-24)22(31)29-10-8-23(15-29)9-11-30-20(23)13-19(28-30)17-12-16-4-1-2-5-18(16)27-14-17/h1-2,4-5,12-14,21H,3,6-11,15H2. The fourth-order valence-corrected chi connectivity index (χ4v) is 5.67. The van der Waals surface area contributed by atoms with Gasteiger partial charge in [-0.1, -0.05) is 24.6 Å². The zero-order valence-electron chi connectivity index (χ0n) is 17.2. The van der Waals surface area contributed by atoms with E-state index < -0.39 is 11.8 Å². The molecule has 3 aromatic rings. The van der Waals surface area contributed by atoms with Crippen molar-refractivity contribution < 1.29 is 13.6 Å². The lowest BCUT2D eigenvalue weighted by Crippen LogP contribution is -2.52. The number of para-hydroxylation sites is 1. The molecule has 160 valence electrons. The predicted octanol–water partition coefficient (Wildman–Crippen LogP) is 4.41. The van der Waals surface area contributed by atoms with Crippen molar-refractivity contribution in [3.63, 3.8) is 0 Å². The highest BCUT2D eigenvalue weighted by atomic mass is 19.3. The van der Waals surface area contributed by atoms with Gasteiger partial charge in [-0.15, -0.1) is 0 Å². The molecule has 1 atom stereocenters. The van der Waals surface area contributed by atoms with Crippen LogP contribution in [0.25, 0.3) is 22.2 Å². The van der Waals surface area contributed by atoms with E-state index in [4.69, 9.17) is 5.10 Å². The molecule has 0 bridgehead atoms. The average Bonchev–Trinajstić information content (AvgIpc) is 3.43. The van der Waals surface area contributed by atoms with Crippen LogP contribution >= 0.6 is 0 Å². The third-order valence-electron chi connectivity index (χ3n) is 7.74. The lowest BCUT2D eigenvalue weighted by molar-refractivity contribution is -0.161. The van der Waals surface area contributed by atoms with Crippen molar-refractivity contribution in [1.82, 2.24) is 19.7 Å². The Morgan fingerprint density at radius 2 is 1.87 bits per heavy atom. The van der Waals surface area contributed by atoms with Crippen LogP contribution in [-0.4, -0.2) is 45.1 Å². The Hall–Kier alpha value is -2.83. The lowest BCUT2D eigenvalue weighted by atomic mass is 9.68. The van der Waals surface area contributed by atoms with Crippen LogP contribution in [-0.2, 0) is 16.8 Å². The Morgan fingerprint density at radius 3 is 2.65 bits per heavy atom. The number of hydrogen-bond acceptors (Lipinski definition) is 3. The summed E-state index contributed by atoms with van der Waals surface area (Å²) in [5, 5.41) is 5.88. The van der Waals surface area contributed by atoms with Gasteiger partial charge in [0.05, 0.1) is 11.2 Å². The van der Waals surface area contributed by atoms with Crippen LogP contribution < -0.4 is 0 Å². The summed E-state index contributed by atoms with van der Waals surface area (Å²) >= 11 is 0. The molecule has 2 aliphatic heterocycles. The number of alkyl halides is 2. The summed E-state index contributed by atoms with van der Waals surface area (Å²) in [6, 6.07) is 12.2. The summed E-state index contributed by atoms with van der Waals surface area (Å²) in [5.41, 5.74) is 2.28. The maximum absolute atomic E-state index is 13.7. The Balaban J connectivity index is 1.29. The second kappa shape index (κ2) is 6.58. The molecule has 31 heavy (non-hydrogen) atoms. The van der Waals surface area contributed by atoms with E-state index in [-0.39, 0.29) is 11.3 Å². The van der Waals surface area contributed by atoms with Gasteiger partial charge in [0.25, 0.3) is 6.43 Å². The maximum Gasteiger partial charge on any atom is 0.252 e. The number of benzene rings is 1. The molecule has 1 aliphatic carbocycles. The number of aryl methyl sites for hydroxylation is 1. The van der Waals surface area contributed by atoms with E-state index in [0.29, 0.717) is 32.4 Å². The van der Waals surface area contributed by atoms with E-state index in [9.17, 15) is 13.6 Å². The summed E-state index contributed by atoms with van der Waals surface area (Å²) in [5.74, 6) is -0.345. The highest BCUT2D eigenvalue weighted by Gasteiger charge is 2.56. The number of carbonyl (C=O) groups excluding carboxylic acids is 1. The second-order valence-corrected chi connectivity index (χ2v) is 9.37. The molecule has 1 amide bonds. The quantitative estimate of drug-likeness (QED) is 0.628. The smallest absolute Gasteiger partial charge is 0.252 e. The van der Waals surface area contributed by atoms with Crippen LogP contribution in [0.4, 0.5) is 8.78 Å². The van der Waals surface area contributed by atoms with Crippen LogP contribution in [0.3, 0.4) is 0 Å². The van der Waals surface area contributed by atoms with Crippen LogP contribution in [0, 0.1) is 5.41 Å². The van der Waals surface area contributed by atoms with Gasteiger partial charge in [-0.2, -0.15) is 5.10 Å². The van der Waals surface area contributed by atoms with Gasteiger partial charge in [0.1, 0.15) is 5.41 Å². The van der Waals surface area contributed by atoms with Gasteiger partial charge in [0.2, 0.25) is 5.91 Å². The molecular formula is C24H24F2N4O. The van der Waals surface area contributed by atoms with E-state index in [0.717, 1.165) is 47.2 Å². The zero-order valence-corrected chi connectivity index (χ0v) is 17.2. The number of likely N-dealkylation sites (tertiary alicyclic amines) is 1. The van der Waals surface area contributed by atoms with Crippen LogP contribution in [0.15, 0.2) is 42.6 Å². The minimum atomic E-state index is -2.58. The zero-order chi connectivity index (χ0) is 21.2. The van der Waals surface area contributed by atoms with Crippen LogP contribution in [0.5, 0.6) is 0 Å². The monoisotopic (exact) mass is 422 g/mol. The van der Waals surface area contributed by atoms with Gasteiger partial charge in [0, 0.05) is 47.9 Å². The number of rotatable bonds is 3. The van der Waals surface area contributed by atoms with Gasteiger partial charge in [0.15, 0.2) is 0 Å². The van der Waals surface area contributed by atoms with E-state index >= 15 is 0 Å². The predicted molar refractivity (Wildman–Crippen MR) is 113 cm³/mol. The number of fused-ring (bicyclic) bond motifs is 3. The molecule has 1 spiro atoms. The summed E-state index contributed by atoms with van der Waals surface area (Å²) in [4.78, 5) is 19.3. The highest BCUT2D eigenvalue weighted by molar-refractivity contribution is 5.85. The minimum Gasteiger partial charge on any atom is -0.341 e. The third-order valence-corrected chi connectivity index (χ3v) is 7.74. The van der Waals surface area contributed by atoms with Gasteiger partial charge < -0.3 is 4.90 Å². The molecule has 4 heterocycles. The Labute approximate surface area is 179 Å². The highest BCUT2D eigenvalue weighted by Crippen LogP contribution is 2.50. The molecule has 7 heteroatoms. The molecule has 1 saturated heterocycles. The van der Waals surface area contributed by atoms with Crippen molar-refractivity contribution in [3.05, 3.63) is 48.3 Å². The second-order valence-electron chi connectivity index (χ2n) is 9.37. The average molecular weight is 422 g/mol. The first-order valence-corrected chi connectivity index (χ1v) is 11.0. The first-order chi connectivity index (χ1) is 15.0. The fraction of sp³-hybridized carbons (Fsp3) is 0.458. The van der Waals surface area contributed by atoms with E-state index in [1.54, 1.807) is 4.90 Å². The van der Waals surface area contributed by atoms with Gasteiger partial charge in [-0.25, -0.2) is 8.78 Å². The number of aromatic nitrogens is 3. The lowest BCUT2D eigenvalue weighted by Gasteiger charge is -2.42. The molecule has 0 N–H and O–H groups in total. The largest absolute Gasteiger partial charge is 0.341 e. The van der Waals surface area contributed by atoms with Crippen molar-refractivity contribution in [3.8, 4) is 11.3 Å². The number of amides is 1. The van der Waals surface area contributed by atoms with Crippen LogP contribution in [0.2, 0.25) is 0 Å². The first kappa shape index (κ1) is 18.9. The summed E-state index contributed by atoms with van der Waals surface area (Å²) in [6.45, 7) is 1.85. The number of halogens is 2. The Bertz CT molecular complexity index is 1190. The van der Waals surface area contributed by atoms with Crippen molar-refractivity contribution in [2.24, 2.45) is 5.41 Å².